The predicted molar refractivity (Wildman–Crippen MR) is 67.2 cm³/mol. The largest absolute Gasteiger partial charge is 0.476 e. The van der Waals surface area contributed by atoms with Crippen LogP contribution in [0.2, 0.25) is 0 Å². The topological polar surface area (TPSA) is 64.3 Å². The lowest BCUT2D eigenvalue weighted by Gasteiger charge is -2.26. The fourth-order valence-corrected chi connectivity index (χ4v) is 2.11. The fourth-order valence-electron chi connectivity index (χ4n) is 2.11. The van der Waals surface area contributed by atoms with Gasteiger partial charge in [-0.3, -0.25) is 4.90 Å². The molecule has 1 aliphatic rings. The molecule has 1 aliphatic heterocycles. The van der Waals surface area contributed by atoms with E-state index in [0.717, 1.165) is 25.9 Å². The van der Waals surface area contributed by atoms with Gasteiger partial charge in [-0.05, 0) is 25.9 Å². The van der Waals surface area contributed by atoms with Crippen molar-refractivity contribution in [2.24, 2.45) is 0 Å². The summed E-state index contributed by atoms with van der Waals surface area (Å²) in [7, 11) is 0. The third-order valence-electron chi connectivity index (χ3n) is 3.08. The molecule has 0 aliphatic carbocycles. The van der Waals surface area contributed by atoms with Crippen LogP contribution in [-0.4, -0.2) is 41.1 Å². The molecule has 20 heavy (non-hydrogen) atoms. The van der Waals surface area contributed by atoms with Gasteiger partial charge in [0, 0.05) is 12.6 Å². The van der Waals surface area contributed by atoms with Crippen LogP contribution in [0.4, 0.5) is 19.0 Å². The molecule has 0 atom stereocenters. The Kier molecular flexibility index (Phi) is 4.64. The first-order valence-corrected chi connectivity index (χ1v) is 6.52. The number of aromatic nitrogens is 2. The molecular formula is C12H17F3N4O. The standard InChI is InChI=1S/C12H17F3N4O/c13-12(14,15)11-17-9(16)8-10(18-11)20-7-6-19-4-2-1-3-5-19/h8H,1-7H2,(H2,16,17,18). The van der Waals surface area contributed by atoms with E-state index in [4.69, 9.17) is 10.5 Å². The first-order chi connectivity index (χ1) is 9.45. The van der Waals surface area contributed by atoms with Gasteiger partial charge in [-0.25, -0.2) is 4.98 Å². The summed E-state index contributed by atoms with van der Waals surface area (Å²) in [5.74, 6) is -1.66. The van der Waals surface area contributed by atoms with Crippen molar-refractivity contribution < 1.29 is 17.9 Å². The highest BCUT2D eigenvalue weighted by molar-refractivity contribution is 5.33. The summed E-state index contributed by atoms with van der Waals surface area (Å²) in [4.78, 5) is 8.71. The van der Waals surface area contributed by atoms with E-state index < -0.39 is 12.0 Å². The minimum Gasteiger partial charge on any atom is -0.476 e. The summed E-state index contributed by atoms with van der Waals surface area (Å²) >= 11 is 0. The number of halogens is 3. The Bertz CT molecular complexity index is 447. The molecule has 0 unspecified atom stereocenters. The number of rotatable bonds is 4. The zero-order valence-electron chi connectivity index (χ0n) is 11.0. The number of hydrogen-bond donors (Lipinski definition) is 1. The fraction of sp³-hybridized carbons (Fsp3) is 0.667. The van der Waals surface area contributed by atoms with Gasteiger partial charge >= 0.3 is 6.18 Å². The van der Waals surface area contributed by atoms with Crippen LogP contribution in [0.15, 0.2) is 6.07 Å². The monoisotopic (exact) mass is 290 g/mol. The minimum atomic E-state index is -4.62. The van der Waals surface area contributed by atoms with Crippen LogP contribution >= 0.6 is 0 Å². The molecule has 1 saturated heterocycles. The van der Waals surface area contributed by atoms with E-state index in [-0.39, 0.29) is 18.3 Å². The molecule has 5 nitrogen and oxygen atoms in total. The highest BCUT2D eigenvalue weighted by atomic mass is 19.4. The van der Waals surface area contributed by atoms with E-state index in [2.05, 4.69) is 14.9 Å². The maximum Gasteiger partial charge on any atom is 0.451 e. The van der Waals surface area contributed by atoms with Crippen LogP contribution in [0, 0.1) is 0 Å². The molecule has 1 fully saturated rings. The van der Waals surface area contributed by atoms with Crippen LogP contribution in [0.1, 0.15) is 25.1 Å². The molecule has 112 valence electrons. The lowest BCUT2D eigenvalue weighted by molar-refractivity contribution is -0.145. The summed E-state index contributed by atoms with van der Waals surface area (Å²) in [6.07, 6.45) is -1.09. The van der Waals surface area contributed by atoms with Gasteiger partial charge in [0.25, 0.3) is 0 Å². The van der Waals surface area contributed by atoms with E-state index in [9.17, 15) is 13.2 Å². The Morgan fingerprint density at radius 2 is 1.90 bits per heavy atom. The van der Waals surface area contributed by atoms with Crippen molar-refractivity contribution in [3.05, 3.63) is 11.9 Å². The number of likely N-dealkylation sites (tertiary alicyclic amines) is 1. The molecule has 0 saturated carbocycles. The maximum atomic E-state index is 12.5. The van der Waals surface area contributed by atoms with Gasteiger partial charge < -0.3 is 10.5 Å². The summed E-state index contributed by atoms with van der Waals surface area (Å²) in [5, 5.41) is 0. The van der Waals surface area contributed by atoms with Crippen molar-refractivity contribution in [1.29, 1.82) is 0 Å². The van der Waals surface area contributed by atoms with E-state index in [1.54, 1.807) is 0 Å². The summed E-state index contributed by atoms with van der Waals surface area (Å²) in [5.41, 5.74) is 5.33. The Morgan fingerprint density at radius 1 is 1.20 bits per heavy atom. The third kappa shape index (κ3) is 4.22. The van der Waals surface area contributed by atoms with Crippen molar-refractivity contribution in [3.63, 3.8) is 0 Å². The van der Waals surface area contributed by atoms with Crippen molar-refractivity contribution in [2.45, 2.75) is 25.4 Å². The van der Waals surface area contributed by atoms with Crippen molar-refractivity contribution in [3.8, 4) is 5.88 Å². The molecule has 0 bridgehead atoms. The van der Waals surface area contributed by atoms with Crippen molar-refractivity contribution in [1.82, 2.24) is 14.9 Å². The van der Waals surface area contributed by atoms with Crippen molar-refractivity contribution in [2.75, 3.05) is 32.0 Å². The minimum absolute atomic E-state index is 0.137. The molecule has 0 radical (unpaired) electrons. The van der Waals surface area contributed by atoms with Gasteiger partial charge in [-0.2, -0.15) is 18.2 Å². The van der Waals surface area contributed by atoms with Crippen LogP contribution < -0.4 is 10.5 Å². The average molecular weight is 290 g/mol. The van der Waals surface area contributed by atoms with Gasteiger partial charge in [-0.1, -0.05) is 6.42 Å². The molecule has 0 amide bonds. The highest BCUT2D eigenvalue weighted by Gasteiger charge is 2.35. The number of alkyl halides is 3. The van der Waals surface area contributed by atoms with E-state index in [1.807, 2.05) is 0 Å². The molecule has 1 aromatic rings. The van der Waals surface area contributed by atoms with Crippen LogP contribution in [0.3, 0.4) is 0 Å². The summed E-state index contributed by atoms with van der Waals surface area (Å²) in [6, 6.07) is 1.20. The van der Waals surface area contributed by atoms with Crippen LogP contribution in [0.25, 0.3) is 0 Å². The third-order valence-corrected chi connectivity index (χ3v) is 3.08. The Balaban J connectivity index is 1.90. The van der Waals surface area contributed by atoms with Gasteiger partial charge in [0.15, 0.2) is 0 Å². The quantitative estimate of drug-likeness (QED) is 0.918. The Hall–Kier alpha value is -1.57. The van der Waals surface area contributed by atoms with E-state index in [0.29, 0.717) is 6.54 Å². The number of nitrogens with zero attached hydrogens (tertiary/aromatic N) is 3. The SMILES string of the molecule is Nc1cc(OCCN2CCCCC2)nc(C(F)(F)F)n1. The highest BCUT2D eigenvalue weighted by Crippen LogP contribution is 2.28. The van der Waals surface area contributed by atoms with Crippen LogP contribution in [0.5, 0.6) is 5.88 Å². The van der Waals surface area contributed by atoms with E-state index >= 15 is 0 Å². The molecule has 0 spiro atoms. The second-order valence-corrected chi connectivity index (χ2v) is 4.70. The molecule has 0 aromatic carbocycles. The molecule has 2 heterocycles. The smallest absolute Gasteiger partial charge is 0.451 e. The zero-order valence-corrected chi connectivity index (χ0v) is 11.0. The molecule has 2 N–H and O–H groups in total. The first kappa shape index (κ1) is 14.8. The van der Waals surface area contributed by atoms with Gasteiger partial charge in [-0.15, -0.1) is 0 Å². The zero-order chi connectivity index (χ0) is 14.6. The number of piperidine rings is 1. The van der Waals surface area contributed by atoms with E-state index in [1.165, 1.54) is 12.5 Å². The van der Waals surface area contributed by atoms with Gasteiger partial charge in [0.2, 0.25) is 11.7 Å². The second kappa shape index (κ2) is 6.25. The van der Waals surface area contributed by atoms with Gasteiger partial charge in [0.05, 0.1) is 0 Å². The molecule has 2 rings (SSSR count). The summed E-state index contributed by atoms with van der Waals surface area (Å²) in [6.45, 7) is 2.96. The van der Waals surface area contributed by atoms with Crippen LogP contribution in [-0.2, 0) is 6.18 Å². The number of hydrogen-bond acceptors (Lipinski definition) is 5. The maximum absolute atomic E-state index is 12.5. The molecule has 1 aromatic heterocycles. The lowest BCUT2D eigenvalue weighted by atomic mass is 10.1. The predicted octanol–water partition coefficient (Wildman–Crippen LogP) is 1.94. The van der Waals surface area contributed by atoms with Gasteiger partial charge in [0.1, 0.15) is 12.4 Å². The summed E-state index contributed by atoms with van der Waals surface area (Å²) < 4.78 is 42.8. The second-order valence-electron chi connectivity index (χ2n) is 4.70. The first-order valence-electron chi connectivity index (χ1n) is 6.52. The average Bonchev–Trinajstić information content (AvgIpc) is 2.38. The number of nitrogens with two attached hydrogens (primary N) is 1. The normalized spacial score (nSPS) is 17.1. The Labute approximate surface area is 114 Å². The Morgan fingerprint density at radius 3 is 2.55 bits per heavy atom. The molecular weight excluding hydrogens is 273 g/mol. The van der Waals surface area contributed by atoms with Crippen molar-refractivity contribution >= 4 is 5.82 Å². The number of ether oxygens (including phenoxy) is 1. The number of nitrogen functional groups attached to an aromatic ring is 1. The lowest BCUT2D eigenvalue weighted by Crippen LogP contribution is -2.33. The molecule has 8 heteroatoms. The number of anilines is 1.